The number of rotatable bonds is 10. The Morgan fingerprint density at radius 1 is 1.00 bits per heavy atom. The standard InChI is InChI=1S/C30H39N5OS/c1-20-17-18-31-30(32-20)37-19-27(36)24-16-15-23(24)22-13-11-21(12-14-22)7-6-10-28-33-26-9-5-4-8-25(26)29(34-28)35(2)3/h4-5,8-9,17-18,21-24H,6-7,10-16,19H2,1-3H3. The Kier molecular flexibility index (Phi) is 8.38. The van der Waals surface area contributed by atoms with E-state index in [1.165, 1.54) is 50.3 Å². The van der Waals surface area contributed by atoms with Gasteiger partial charge in [0.1, 0.15) is 17.4 Å². The van der Waals surface area contributed by atoms with Crippen molar-refractivity contribution in [2.75, 3.05) is 24.7 Å². The van der Waals surface area contributed by atoms with Crippen LogP contribution in [0.5, 0.6) is 0 Å². The van der Waals surface area contributed by atoms with Crippen LogP contribution in [0.2, 0.25) is 0 Å². The molecule has 2 aromatic heterocycles. The molecule has 7 heteroatoms. The van der Waals surface area contributed by atoms with Crippen molar-refractivity contribution in [2.24, 2.45) is 23.7 Å². The minimum absolute atomic E-state index is 0.259. The quantitative estimate of drug-likeness (QED) is 0.230. The van der Waals surface area contributed by atoms with Crippen molar-refractivity contribution in [2.45, 2.75) is 69.9 Å². The van der Waals surface area contributed by atoms with Gasteiger partial charge in [-0.3, -0.25) is 4.79 Å². The van der Waals surface area contributed by atoms with Crippen LogP contribution in [0.1, 0.15) is 62.9 Å². The Morgan fingerprint density at radius 2 is 1.81 bits per heavy atom. The van der Waals surface area contributed by atoms with Gasteiger partial charge in [0, 0.05) is 43.7 Å². The maximum atomic E-state index is 12.9. The van der Waals surface area contributed by atoms with Gasteiger partial charge in [0.15, 0.2) is 5.16 Å². The van der Waals surface area contributed by atoms with E-state index in [2.05, 4.69) is 53.2 Å². The number of hydrogen-bond donors (Lipinski definition) is 0. The van der Waals surface area contributed by atoms with Crippen molar-refractivity contribution in [3.8, 4) is 0 Å². The number of anilines is 1. The molecular formula is C30H39N5OS. The number of Topliss-reactive ketones (excluding diaryl/α,β-unsaturated/α-hetero) is 1. The normalized spacial score (nSPS) is 23.5. The van der Waals surface area contributed by atoms with E-state index in [0.717, 1.165) is 64.5 Å². The lowest BCUT2D eigenvalue weighted by atomic mass is 9.61. The summed E-state index contributed by atoms with van der Waals surface area (Å²) in [6, 6.07) is 10.2. The maximum Gasteiger partial charge on any atom is 0.188 e. The molecule has 196 valence electrons. The summed E-state index contributed by atoms with van der Waals surface area (Å²) < 4.78 is 0. The molecule has 2 saturated carbocycles. The molecule has 6 nitrogen and oxygen atoms in total. The first-order valence-corrected chi connectivity index (χ1v) is 14.8. The molecule has 1 aromatic carbocycles. The first-order valence-electron chi connectivity index (χ1n) is 13.9. The van der Waals surface area contributed by atoms with E-state index >= 15 is 0 Å². The van der Waals surface area contributed by atoms with Crippen LogP contribution in [0, 0.1) is 30.6 Å². The molecule has 2 atom stereocenters. The van der Waals surface area contributed by atoms with Gasteiger partial charge >= 0.3 is 0 Å². The van der Waals surface area contributed by atoms with E-state index in [4.69, 9.17) is 9.97 Å². The van der Waals surface area contributed by atoms with Gasteiger partial charge in [0.25, 0.3) is 0 Å². The highest BCUT2D eigenvalue weighted by Crippen LogP contribution is 2.47. The Morgan fingerprint density at radius 3 is 2.54 bits per heavy atom. The second-order valence-corrected chi connectivity index (χ2v) is 12.1. The molecular weight excluding hydrogens is 478 g/mol. The fraction of sp³-hybridized carbons (Fsp3) is 0.567. The van der Waals surface area contributed by atoms with E-state index in [0.29, 0.717) is 17.5 Å². The van der Waals surface area contributed by atoms with Gasteiger partial charge in [-0.15, -0.1) is 0 Å². The van der Waals surface area contributed by atoms with Crippen LogP contribution in [0.25, 0.3) is 10.9 Å². The van der Waals surface area contributed by atoms with Crippen LogP contribution in [-0.4, -0.2) is 45.6 Å². The second kappa shape index (κ2) is 11.9. The molecule has 0 N–H and O–H groups in total. The van der Waals surface area contributed by atoms with Crippen molar-refractivity contribution < 1.29 is 4.79 Å². The first kappa shape index (κ1) is 26.1. The van der Waals surface area contributed by atoms with Crippen molar-refractivity contribution in [1.29, 1.82) is 0 Å². The molecule has 2 unspecified atom stereocenters. The van der Waals surface area contributed by atoms with Crippen molar-refractivity contribution >= 4 is 34.3 Å². The number of thioether (sulfide) groups is 1. The molecule has 37 heavy (non-hydrogen) atoms. The zero-order chi connectivity index (χ0) is 25.8. The van der Waals surface area contributed by atoms with Gasteiger partial charge in [-0.2, -0.15) is 0 Å². The van der Waals surface area contributed by atoms with Crippen LogP contribution >= 0.6 is 11.8 Å². The van der Waals surface area contributed by atoms with Gasteiger partial charge in [-0.25, -0.2) is 19.9 Å². The molecule has 0 bridgehead atoms. The van der Waals surface area contributed by atoms with Gasteiger partial charge < -0.3 is 4.90 Å². The van der Waals surface area contributed by atoms with E-state index in [-0.39, 0.29) is 5.92 Å². The fourth-order valence-electron chi connectivity index (χ4n) is 6.24. The fourth-order valence-corrected chi connectivity index (χ4v) is 7.07. The Balaban J connectivity index is 1.06. The molecule has 5 rings (SSSR count). The van der Waals surface area contributed by atoms with Gasteiger partial charge in [-0.05, 0) is 75.0 Å². The zero-order valence-electron chi connectivity index (χ0n) is 22.4. The number of aryl methyl sites for hydroxylation is 2. The molecule has 2 heterocycles. The van der Waals surface area contributed by atoms with Gasteiger partial charge in [0.2, 0.25) is 0 Å². The second-order valence-electron chi connectivity index (χ2n) is 11.1. The summed E-state index contributed by atoms with van der Waals surface area (Å²) in [7, 11) is 4.10. The van der Waals surface area contributed by atoms with Crippen LogP contribution < -0.4 is 4.90 Å². The van der Waals surface area contributed by atoms with Crippen molar-refractivity contribution in [1.82, 2.24) is 19.9 Å². The lowest BCUT2D eigenvalue weighted by Gasteiger charge is -2.44. The summed E-state index contributed by atoms with van der Waals surface area (Å²) in [4.78, 5) is 33.4. The number of carbonyl (C=O) groups is 1. The predicted molar refractivity (Wildman–Crippen MR) is 151 cm³/mol. The summed E-state index contributed by atoms with van der Waals surface area (Å²) in [5, 5.41) is 1.83. The Bertz CT molecular complexity index is 1220. The highest BCUT2D eigenvalue weighted by atomic mass is 32.2. The predicted octanol–water partition coefficient (Wildman–Crippen LogP) is 6.31. The summed E-state index contributed by atoms with van der Waals surface area (Å²) >= 11 is 1.49. The third-order valence-corrected chi connectivity index (χ3v) is 9.30. The van der Waals surface area contributed by atoms with Gasteiger partial charge in [0.05, 0.1) is 11.3 Å². The minimum Gasteiger partial charge on any atom is -0.362 e. The summed E-state index contributed by atoms with van der Waals surface area (Å²) in [6.45, 7) is 1.96. The van der Waals surface area contributed by atoms with E-state index < -0.39 is 0 Å². The smallest absolute Gasteiger partial charge is 0.188 e. The molecule has 2 aliphatic rings. The molecule has 0 radical (unpaired) electrons. The average molecular weight is 518 g/mol. The summed E-state index contributed by atoms with van der Waals surface area (Å²) in [6.07, 6.45) is 12.6. The first-order chi connectivity index (χ1) is 18.0. The topological polar surface area (TPSA) is 71.9 Å². The van der Waals surface area contributed by atoms with E-state index in [1.807, 2.05) is 13.0 Å². The van der Waals surface area contributed by atoms with Crippen molar-refractivity contribution in [3.05, 3.63) is 48.0 Å². The Hall–Kier alpha value is -2.54. The SMILES string of the molecule is Cc1ccnc(SCC(=O)C2CCC2C2CCC(CCCc3nc(N(C)C)c4ccccc4n3)CC2)n1. The lowest BCUT2D eigenvalue weighted by molar-refractivity contribution is -0.127. The molecule has 3 aromatic rings. The number of fused-ring (bicyclic) bond motifs is 1. The molecule has 0 saturated heterocycles. The van der Waals surface area contributed by atoms with Gasteiger partial charge in [-0.1, -0.05) is 43.2 Å². The maximum absolute atomic E-state index is 12.9. The number of para-hydroxylation sites is 1. The molecule has 0 amide bonds. The monoisotopic (exact) mass is 517 g/mol. The minimum atomic E-state index is 0.259. The number of benzene rings is 1. The molecule has 0 spiro atoms. The van der Waals surface area contributed by atoms with Crippen LogP contribution in [-0.2, 0) is 11.2 Å². The van der Waals surface area contributed by atoms with E-state index in [9.17, 15) is 4.79 Å². The third-order valence-electron chi connectivity index (χ3n) is 8.42. The largest absolute Gasteiger partial charge is 0.362 e. The highest BCUT2D eigenvalue weighted by Gasteiger charge is 2.41. The third kappa shape index (κ3) is 6.31. The van der Waals surface area contributed by atoms with Crippen LogP contribution in [0.4, 0.5) is 5.82 Å². The average Bonchev–Trinajstić information content (AvgIpc) is 2.87. The highest BCUT2D eigenvalue weighted by molar-refractivity contribution is 7.99. The number of carbonyl (C=O) groups excluding carboxylic acids is 1. The number of ketones is 1. The number of hydrogen-bond acceptors (Lipinski definition) is 7. The van der Waals surface area contributed by atoms with E-state index in [1.54, 1.807) is 6.20 Å². The Labute approximate surface area is 225 Å². The van der Waals surface area contributed by atoms with Crippen LogP contribution in [0.3, 0.4) is 0 Å². The summed E-state index contributed by atoms with van der Waals surface area (Å²) in [5.74, 6) is 5.26. The zero-order valence-corrected chi connectivity index (χ0v) is 23.2. The summed E-state index contributed by atoms with van der Waals surface area (Å²) in [5.41, 5.74) is 1.98. The number of nitrogens with zero attached hydrogens (tertiary/aromatic N) is 5. The molecule has 0 aliphatic heterocycles. The van der Waals surface area contributed by atoms with Crippen LogP contribution in [0.15, 0.2) is 41.7 Å². The lowest BCUT2D eigenvalue weighted by Crippen LogP contribution is -2.40. The molecule has 2 aliphatic carbocycles. The number of aromatic nitrogens is 4. The molecule has 2 fully saturated rings. The van der Waals surface area contributed by atoms with Crippen molar-refractivity contribution in [3.63, 3.8) is 0 Å².